The van der Waals surface area contributed by atoms with Crippen molar-refractivity contribution in [2.75, 3.05) is 5.32 Å². The van der Waals surface area contributed by atoms with Crippen LogP contribution in [0.2, 0.25) is 0 Å². The van der Waals surface area contributed by atoms with E-state index in [9.17, 15) is 4.79 Å². The smallest absolute Gasteiger partial charge is 0.306 e. The summed E-state index contributed by atoms with van der Waals surface area (Å²) < 4.78 is 0. The van der Waals surface area contributed by atoms with Gasteiger partial charge in [-0.2, -0.15) is 0 Å². The van der Waals surface area contributed by atoms with Crippen molar-refractivity contribution in [3.8, 4) is 0 Å². The zero-order valence-electron chi connectivity index (χ0n) is 12.2. The molecule has 0 atom stereocenters. The van der Waals surface area contributed by atoms with Gasteiger partial charge in [-0.05, 0) is 44.7 Å². The highest BCUT2D eigenvalue weighted by molar-refractivity contribution is 5.91. The average Bonchev–Trinajstić information content (AvgIpc) is 2.47. The lowest BCUT2D eigenvalue weighted by atomic mass is 9.86. The molecule has 0 saturated heterocycles. The summed E-state index contributed by atoms with van der Waals surface area (Å²) in [4.78, 5) is 15.6. The molecule has 4 heteroatoms. The minimum Gasteiger partial charge on any atom is -0.481 e. The molecule has 1 aliphatic carbocycles. The second-order valence-electron chi connectivity index (χ2n) is 5.86. The molecule has 0 amide bonds. The Hall–Kier alpha value is -2.10. The first-order valence-corrected chi connectivity index (χ1v) is 7.49. The van der Waals surface area contributed by atoms with Crippen LogP contribution < -0.4 is 5.32 Å². The van der Waals surface area contributed by atoms with E-state index in [0.29, 0.717) is 6.04 Å². The number of hydrogen-bond acceptors (Lipinski definition) is 3. The number of rotatable bonds is 3. The van der Waals surface area contributed by atoms with Crippen LogP contribution in [0, 0.1) is 12.8 Å². The monoisotopic (exact) mass is 284 g/mol. The van der Waals surface area contributed by atoms with Crippen LogP contribution in [0.1, 0.15) is 31.4 Å². The van der Waals surface area contributed by atoms with Crippen molar-refractivity contribution in [3.63, 3.8) is 0 Å². The standard InChI is InChI=1S/C17H20N2O2/c1-11-10-16(14-4-2-3-5-15(14)18-11)19-13-8-6-12(7-9-13)17(20)21/h2-5,10,12-13H,6-9H2,1H3,(H,18,19)(H,20,21). The Labute approximate surface area is 124 Å². The van der Waals surface area contributed by atoms with Crippen molar-refractivity contribution in [2.24, 2.45) is 5.92 Å². The molecule has 0 unspecified atom stereocenters. The van der Waals surface area contributed by atoms with Crippen LogP contribution in [0.25, 0.3) is 10.9 Å². The SMILES string of the molecule is Cc1cc(NC2CCC(C(=O)O)CC2)c2ccccc2n1. The van der Waals surface area contributed by atoms with Gasteiger partial charge in [-0.15, -0.1) is 0 Å². The highest BCUT2D eigenvalue weighted by atomic mass is 16.4. The van der Waals surface area contributed by atoms with Gasteiger partial charge >= 0.3 is 5.97 Å². The van der Waals surface area contributed by atoms with E-state index in [1.165, 1.54) is 0 Å². The van der Waals surface area contributed by atoms with Gasteiger partial charge in [0.1, 0.15) is 0 Å². The number of aliphatic carboxylic acids is 1. The summed E-state index contributed by atoms with van der Waals surface area (Å²) >= 11 is 0. The van der Waals surface area contributed by atoms with Gasteiger partial charge in [-0.25, -0.2) is 0 Å². The van der Waals surface area contributed by atoms with Crippen LogP contribution in [0.4, 0.5) is 5.69 Å². The van der Waals surface area contributed by atoms with Crippen LogP contribution >= 0.6 is 0 Å². The number of fused-ring (bicyclic) bond motifs is 1. The van der Waals surface area contributed by atoms with E-state index >= 15 is 0 Å². The van der Waals surface area contributed by atoms with Gasteiger partial charge in [-0.1, -0.05) is 18.2 Å². The predicted molar refractivity (Wildman–Crippen MR) is 83.5 cm³/mol. The van der Waals surface area contributed by atoms with Crippen LogP contribution in [-0.4, -0.2) is 22.1 Å². The molecular weight excluding hydrogens is 264 g/mol. The summed E-state index contributed by atoms with van der Waals surface area (Å²) in [5, 5.41) is 13.8. The number of anilines is 1. The fourth-order valence-electron chi connectivity index (χ4n) is 3.13. The van der Waals surface area contributed by atoms with Crippen LogP contribution in [0.3, 0.4) is 0 Å². The van der Waals surface area contributed by atoms with Crippen molar-refractivity contribution in [3.05, 3.63) is 36.0 Å². The highest BCUT2D eigenvalue weighted by Gasteiger charge is 2.26. The van der Waals surface area contributed by atoms with E-state index in [0.717, 1.165) is 48.0 Å². The number of carbonyl (C=O) groups is 1. The second kappa shape index (κ2) is 5.72. The van der Waals surface area contributed by atoms with Crippen LogP contribution in [-0.2, 0) is 4.79 Å². The Balaban J connectivity index is 1.78. The van der Waals surface area contributed by atoms with Crippen molar-refractivity contribution in [2.45, 2.75) is 38.6 Å². The molecule has 4 nitrogen and oxygen atoms in total. The normalized spacial score (nSPS) is 22.1. The van der Waals surface area contributed by atoms with E-state index in [4.69, 9.17) is 5.11 Å². The predicted octanol–water partition coefficient (Wildman–Crippen LogP) is 3.60. The lowest BCUT2D eigenvalue weighted by molar-refractivity contribution is -0.142. The average molecular weight is 284 g/mol. The van der Waals surface area contributed by atoms with Crippen LogP contribution in [0.15, 0.2) is 30.3 Å². The van der Waals surface area contributed by atoms with Gasteiger partial charge in [0, 0.05) is 22.8 Å². The summed E-state index contributed by atoms with van der Waals surface area (Å²) in [5.74, 6) is -0.822. The first-order chi connectivity index (χ1) is 10.1. The second-order valence-corrected chi connectivity index (χ2v) is 5.86. The molecule has 0 spiro atoms. The van der Waals surface area contributed by atoms with Gasteiger partial charge in [0.25, 0.3) is 0 Å². The molecule has 0 bridgehead atoms. The third-order valence-electron chi connectivity index (χ3n) is 4.28. The lowest BCUT2D eigenvalue weighted by Crippen LogP contribution is -2.29. The van der Waals surface area contributed by atoms with Crippen molar-refractivity contribution in [1.29, 1.82) is 0 Å². The van der Waals surface area contributed by atoms with E-state index in [2.05, 4.69) is 22.4 Å². The number of aryl methyl sites for hydroxylation is 1. The molecule has 3 rings (SSSR count). The third kappa shape index (κ3) is 2.99. The summed E-state index contributed by atoms with van der Waals surface area (Å²) in [6, 6.07) is 10.5. The molecule has 0 radical (unpaired) electrons. The van der Waals surface area contributed by atoms with Gasteiger partial charge < -0.3 is 10.4 Å². The fraction of sp³-hybridized carbons (Fsp3) is 0.412. The Morgan fingerprint density at radius 3 is 2.67 bits per heavy atom. The zero-order chi connectivity index (χ0) is 14.8. The van der Waals surface area contributed by atoms with E-state index in [-0.39, 0.29) is 5.92 Å². The number of aromatic nitrogens is 1. The Morgan fingerprint density at radius 2 is 1.95 bits per heavy atom. The maximum absolute atomic E-state index is 11.0. The molecule has 21 heavy (non-hydrogen) atoms. The number of nitrogens with one attached hydrogen (secondary N) is 1. The maximum Gasteiger partial charge on any atom is 0.306 e. The molecule has 1 aromatic carbocycles. The number of para-hydroxylation sites is 1. The van der Waals surface area contributed by atoms with Crippen molar-refractivity contribution in [1.82, 2.24) is 4.98 Å². The zero-order valence-corrected chi connectivity index (χ0v) is 12.2. The molecule has 1 fully saturated rings. The maximum atomic E-state index is 11.0. The number of nitrogens with zero attached hydrogens (tertiary/aromatic N) is 1. The first-order valence-electron chi connectivity index (χ1n) is 7.49. The van der Waals surface area contributed by atoms with E-state index in [1.807, 2.05) is 25.1 Å². The van der Waals surface area contributed by atoms with Gasteiger partial charge in [-0.3, -0.25) is 9.78 Å². The van der Waals surface area contributed by atoms with Crippen molar-refractivity contribution < 1.29 is 9.90 Å². The van der Waals surface area contributed by atoms with E-state index < -0.39 is 5.97 Å². The molecule has 1 saturated carbocycles. The summed E-state index contributed by atoms with van der Waals surface area (Å²) in [7, 11) is 0. The first kappa shape index (κ1) is 13.9. The number of benzene rings is 1. The Kier molecular flexibility index (Phi) is 3.78. The van der Waals surface area contributed by atoms with Gasteiger partial charge in [0.15, 0.2) is 0 Å². The Bertz CT molecular complexity index is 661. The van der Waals surface area contributed by atoms with Gasteiger partial charge in [0.05, 0.1) is 11.4 Å². The minimum absolute atomic E-state index is 0.168. The molecule has 1 aliphatic rings. The minimum atomic E-state index is -0.654. The third-order valence-corrected chi connectivity index (χ3v) is 4.28. The molecule has 0 aliphatic heterocycles. The highest BCUT2D eigenvalue weighted by Crippen LogP contribution is 2.29. The fourth-order valence-corrected chi connectivity index (χ4v) is 3.13. The summed E-state index contributed by atoms with van der Waals surface area (Å²) in [6.45, 7) is 2.00. The Morgan fingerprint density at radius 1 is 1.24 bits per heavy atom. The lowest BCUT2D eigenvalue weighted by Gasteiger charge is -2.28. The molecule has 2 aromatic rings. The van der Waals surface area contributed by atoms with Gasteiger partial charge in [0.2, 0.25) is 0 Å². The number of hydrogen-bond donors (Lipinski definition) is 2. The van der Waals surface area contributed by atoms with Crippen LogP contribution in [0.5, 0.6) is 0 Å². The topological polar surface area (TPSA) is 62.2 Å². The number of pyridine rings is 1. The van der Waals surface area contributed by atoms with E-state index in [1.54, 1.807) is 0 Å². The molecule has 110 valence electrons. The summed E-state index contributed by atoms with van der Waals surface area (Å²) in [5.41, 5.74) is 3.10. The largest absolute Gasteiger partial charge is 0.481 e. The number of carboxylic acids is 1. The molecule has 1 heterocycles. The molecule has 2 N–H and O–H groups in total. The molecule has 1 aromatic heterocycles. The quantitative estimate of drug-likeness (QED) is 0.904. The van der Waals surface area contributed by atoms with Crippen molar-refractivity contribution >= 4 is 22.6 Å². The molecular formula is C17H20N2O2. The number of carboxylic acid groups (broad SMARTS) is 1. The summed E-state index contributed by atoms with van der Waals surface area (Å²) in [6.07, 6.45) is 3.34.